The molecule has 17 heteroatoms. The maximum absolute atomic E-state index is 11.7. The first-order chi connectivity index (χ1) is 52.8. The van der Waals surface area contributed by atoms with Crippen LogP contribution in [0.3, 0.4) is 0 Å². The molecule has 8 atom stereocenters. The zero-order valence-corrected chi connectivity index (χ0v) is 85.9. The van der Waals surface area contributed by atoms with Crippen molar-refractivity contribution < 1.29 is 14.7 Å². The van der Waals surface area contributed by atoms with Gasteiger partial charge in [-0.3, -0.25) is 0 Å². The Labute approximate surface area is 717 Å². The summed E-state index contributed by atoms with van der Waals surface area (Å²) in [6, 6.07) is 30.9. The van der Waals surface area contributed by atoms with Gasteiger partial charge in [0, 0.05) is 0 Å². The molecule has 8 aliphatic carbocycles. The Hall–Kier alpha value is -2.21. The molecule has 0 bridgehead atoms. The topological polar surface area (TPSA) is 0 Å². The molecule has 2 saturated heterocycles. The van der Waals surface area contributed by atoms with Gasteiger partial charge in [-0.1, -0.05) is 0 Å². The Morgan fingerprint density at radius 3 is 0.604 bits per heavy atom. The number of fused-ring (bicyclic) bond motifs is 8. The van der Waals surface area contributed by atoms with Gasteiger partial charge in [-0.05, 0) is 0 Å². The molecular formula is C94H112Cl10HfSi6. The van der Waals surface area contributed by atoms with Crippen LogP contribution >= 0.6 is 110 Å². The summed E-state index contributed by atoms with van der Waals surface area (Å²) in [5, 5.41) is 10.9. The van der Waals surface area contributed by atoms with Crippen molar-refractivity contribution in [1.82, 2.24) is 0 Å². The van der Waals surface area contributed by atoms with E-state index in [1.807, 2.05) is 0 Å². The third-order valence-corrected chi connectivity index (χ3v) is 177. The van der Waals surface area contributed by atoms with Crippen LogP contribution in [0.5, 0.6) is 0 Å². The fraction of sp³-hybridized carbons (Fsp3) is 0.404. The van der Waals surface area contributed by atoms with Crippen molar-refractivity contribution in [1.29, 1.82) is 0 Å². The molecule has 5 spiro atoms. The Balaban J connectivity index is 1.17. The van der Waals surface area contributed by atoms with E-state index in [4.69, 9.17) is 92.8 Å². The van der Waals surface area contributed by atoms with E-state index in [0.29, 0.717) is 0 Å². The van der Waals surface area contributed by atoms with Gasteiger partial charge in [-0.25, -0.2) is 0 Å². The molecule has 4 aromatic rings. The predicted molar refractivity (Wildman–Crippen MR) is 509 cm³/mol. The molecule has 2 aliphatic heterocycles. The molecule has 14 rings (SSSR count). The van der Waals surface area contributed by atoms with Gasteiger partial charge in [0.25, 0.3) is 0 Å². The van der Waals surface area contributed by atoms with Gasteiger partial charge in [-0.2, -0.15) is 0 Å². The summed E-state index contributed by atoms with van der Waals surface area (Å²) in [5.41, 5.74) is 19.3. The molecule has 0 nitrogen and oxygen atoms in total. The van der Waals surface area contributed by atoms with Gasteiger partial charge < -0.3 is 0 Å². The van der Waals surface area contributed by atoms with Gasteiger partial charge in [0.05, 0.1) is 0 Å². The average molecular weight is 1940 g/mol. The molecule has 8 unspecified atom stereocenters. The molecule has 0 N–H and O–H groups in total. The van der Waals surface area contributed by atoms with Crippen molar-refractivity contribution in [3.63, 3.8) is 0 Å². The van der Waals surface area contributed by atoms with Crippen LogP contribution < -0.4 is 20.7 Å². The normalized spacial score (nSPS) is 29.1. The standard InChI is InChI=1S/2C47H56Cl4Si3.2ClH.Hf/c2*1-10-53(11-2,12-3)46-40(48)26-32(27-41(46)49)34-20-16-18-22-36-38(34)24-30(7)44(36)52(9)45-31(8)25-39-35(21-17-19-23-37(39)45)33-28-42(50)47(43(51)29-33)54(13-4,14-5)15-6;;;/h2*16-29,34-35,52H,10-15H2,1-9H3;2*1H;/q;;;;+2/p-2. The zero-order valence-electron chi connectivity index (χ0n) is 68.4. The SMILES string of the molecule is CC[Si](CC)(CC)c1c(Cl)cc(C2C=CC=CC3=C2C=C(C)[C]32[SiH](C)[C]3(C(C)=CC4=C3C=CC=CC4c3cc(Cl)c([Si](CC)(CC)CC)c(Cl)c3)[Hf]23([Cl])([Cl])[C]2(C(C)=CC4=C2C=CC=CC4c2cc(Cl)c([Si](CC)(CC)CC)c(Cl)c2)[SiH](C)[C]32C(C)=CC3=C2C=CC=CC3c2cc(Cl)c([Si](CC)(CC)CC)c(Cl)c2)cc1Cl. The van der Waals surface area contributed by atoms with Crippen molar-refractivity contribution >= 4 is 181 Å². The van der Waals surface area contributed by atoms with Crippen molar-refractivity contribution in [2.45, 2.75) is 231 Å². The van der Waals surface area contributed by atoms with Gasteiger partial charge >= 0.3 is 726 Å². The fourth-order valence-electron chi connectivity index (χ4n) is 28.1. The first-order valence-corrected chi connectivity index (χ1v) is 75.9. The molecule has 0 aromatic heterocycles. The molecule has 0 radical (unpaired) electrons. The molecule has 586 valence electrons. The molecule has 10 aliphatic rings. The Morgan fingerprint density at radius 1 is 0.288 bits per heavy atom. The zero-order chi connectivity index (χ0) is 80.3. The summed E-state index contributed by atoms with van der Waals surface area (Å²) in [5.74, 6) is -1.02. The van der Waals surface area contributed by atoms with E-state index in [1.165, 1.54) is 87.6 Å². The monoisotopic (exact) mass is 1940 g/mol. The van der Waals surface area contributed by atoms with E-state index < -0.39 is 75.7 Å². The second-order valence-electron chi connectivity index (χ2n) is 34.7. The maximum atomic E-state index is 11.7. The van der Waals surface area contributed by atoms with Crippen molar-refractivity contribution in [2.24, 2.45) is 0 Å². The summed E-state index contributed by atoms with van der Waals surface area (Å²) >= 11 is 54.9. The van der Waals surface area contributed by atoms with E-state index in [0.717, 1.165) is 135 Å². The van der Waals surface area contributed by atoms with E-state index in [9.17, 15) is 17.2 Å². The number of benzene rings is 4. The van der Waals surface area contributed by atoms with Crippen LogP contribution in [0, 0.1) is 0 Å². The average Bonchev–Trinajstić information content (AvgIpc) is 1.52. The molecule has 0 amide bonds. The van der Waals surface area contributed by atoms with Crippen LogP contribution in [0.2, 0.25) is 137 Å². The van der Waals surface area contributed by atoms with Crippen LogP contribution in [-0.2, 0) is 14.7 Å². The molecule has 4 aromatic carbocycles. The molecule has 2 heterocycles. The van der Waals surface area contributed by atoms with Crippen LogP contribution in [0.25, 0.3) is 0 Å². The van der Waals surface area contributed by atoms with E-state index in [-0.39, 0.29) is 23.7 Å². The van der Waals surface area contributed by atoms with Gasteiger partial charge in [0.2, 0.25) is 0 Å². The Morgan fingerprint density at radius 2 is 0.450 bits per heavy atom. The van der Waals surface area contributed by atoms with Crippen molar-refractivity contribution in [2.75, 3.05) is 0 Å². The second kappa shape index (κ2) is 29.9. The van der Waals surface area contributed by atoms with Crippen LogP contribution in [0.1, 0.15) is 157 Å². The minimum absolute atomic E-state index is 0.256. The van der Waals surface area contributed by atoms with Crippen LogP contribution in [0.4, 0.5) is 0 Å². The predicted octanol–water partition coefficient (Wildman–Crippen LogP) is 30.8. The van der Waals surface area contributed by atoms with E-state index in [2.05, 4.69) is 294 Å². The number of halogens is 10. The van der Waals surface area contributed by atoms with E-state index in [1.54, 1.807) is 0 Å². The molecule has 2 fully saturated rings. The third kappa shape index (κ3) is 10.1. The number of rotatable bonds is 20. The summed E-state index contributed by atoms with van der Waals surface area (Å²) < 4.78 is -3.59. The first kappa shape index (κ1) is 85.2. The fourth-order valence-corrected chi connectivity index (χ4v) is 222. The third-order valence-electron chi connectivity index (χ3n) is 33.1. The Kier molecular flexibility index (Phi) is 22.9. The van der Waals surface area contributed by atoms with Crippen LogP contribution in [-0.4, -0.2) is 49.9 Å². The summed E-state index contributed by atoms with van der Waals surface area (Å²) in [6.45, 7) is 43.3. The molecule has 0 saturated carbocycles. The van der Waals surface area contributed by atoms with Gasteiger partial charge in [0.1, 0.15) is 0 Å². The quantitative estimate of drug-likeness (QED) is 0.0774. The first-order valence-electron chi connectivity index (χ1n) is 41.7. The van der Waals surface area contributed by atoms with Gasteiger partial charge in [-0.15, -0.1) is 0 Å². The number of allylic oxidation sites excluding steroid dienone is 32. The minimum atomic E-state index is -8.20. The summed E-state index contributed by atoms with van der Waals surface area (Å²) in [7, 11) is 9.59. The van der Waals surface area contributed by atoms with E-state index >= 15 is 0 Å². The summed E-state index contributed by atoms with van der Waals surface area (Å²) in [6.07, 6.45) is 48.4. The second-order valence-corrected chi connectivity index (χ2v) is 113. The Bertz CT molecular complexity index is 4450. The summed E-state index contributed by atoms with van der Waals surface area (Å²) in [4.78, 5) is 0. The number of hydrogen-bond acceptors (Lipinski definition) is 0. The number of hydrogen-bond donors (Lipinski definition) is 0. The van der Waals surface area contributed by atoms with Gasteiger partial charge in [0.15, 0.2) is 0 Å². The van der Waals surface area contributed by atoms with Crippen molar-refractivity contribution in [3.05, 3.63) is 299 Å². The molecular weight excluding hydrogens is 1830 g/mol. The van der Waals surface area contributed by atoms with Crippen molar-refractivity contribution in [3.8, 4) is 0 Å². The van der Waals surface area contributed by atoms with Crippen LogP contribution in [0.15, 0.2) is 237 Å². The molecule has 111 heavy (non-hydrogen) atoms.